The smallest absolute Gasteiger partial charge is 0.303 e. The van der Waals surface area contributed by atoms with Crippen molar-refractivity contribution in [2.45, 2.75) is 32.6 Å². The molecule has 18 heavy (non-hydrogen) atoms. The second-order valence-electron chi connectivity index (χ2n) is 4.67. The van der Waals surface area contributed by atoms with Crippen LogP contribution in [0.2, 0.25) is 0 Å². The number of carboxylic acid groups (broad SMARTS) is 1. The van der Waals surface area contributed by atoms with Gasteiger partial charge in [-0.3, -0.25) is 14.4 Å². The Labute approximate surface area is 106 Å². The number of carboxylic acids is 1. The quantitative estimate of drug-likeness (QED) is 0.737. The number of carbonyl (C=O) groups excluding carboxylic acids is 2. The molecule has 0 radical (unpaired) electrons. The van der Waals surface area contributed by atoms with E-state index in [-0.39, 0.29) is 24.8 Å². The van der Waals surface area contributed by atoms with E-state index in [1.165, 1.54) is 6.92 Å². The molecule has 0 aromatic rings. The molecular weight excluding hydrogens is 236 g/mol. The molecule has 102 valence electrons. The van der Waals surface area contributed by atoms with Crippen molar-refractivity contribution >= 4 is 17.8 Å². The zero-order valence-corrected chi connectivity index (χ0v) is 10.6. The van der Waals surface area contributed by atoms with E-state index in [4.69, 9.17) is 5.11 Å². The van der Waals surface area contributed by atoms with Crippen LogP contribution in [0.5, 0.6) is 0 Å². The fraction of sp³-hybridized carbons (Fsp3) is 0.750. The lowest BCUT2D eigenvalue weighted by atomic mass is 9.92. The molecule has 2 amide bonds. The van der Waals surface area contributed by atoms with Crippen LogP contribution in [0.25, 0.3) is 0 Å². The summed E-state index contributed by atoms with van der Waals surface area (Å²) < 4.78 is 0. The molecule has 1 fully saturated rings. The van der Waals surface area contributed by atoms with E-state index >= 15 is 0 Å². The van der Waals surface area contributed by atoms with Crippen molar-refractivity contribution in [3.05, 3.63) is 0 Å². The topological polar surface area (TPSA) is 86.7 Å². The summed E-state index contributed by atoms with van der Waals surface area (Å²) in [5.41, 5.74) is 0. The third-order valence-corrected chi connectivity index (χ3v) is 3.22. The molecule has 0 unspecified atom stereocenters. The highest BCUT2D eigenvalue weighted by atomic mass is 16.4. The number of carbonyl (C=O) groups is 3. The van der Waals surface area contributed by atoms with Crippen LogP contribution in [0.1, 0.15) is 32.6 Å². The van der Waals surface area contributed by atoms with E-state index in [0.717, 1.165) is 12.8 Å². The fourth-order valence-electron chi connectivity index (χ4n) is 2.11. The Balaban J connectivity index is 2.24. The first-order valence-corrected chi connectivity index (χ1v) is 6.23. The standard InChI is InChI=1S/C12H20N2O4/c1-9(15)13-8-11(16)14-6-4-10(5-7-14)2-3-12(17)18/h10H,2-8H2,1H3,(H,13,15)(H,17,18). The van der Waals surface area contributed by atoms with Crippen LogP contribution in [-0.4, -0.2) is 47.4 Å². The van der Waals surface area contributed by atoms with Gasteiger partial charge in [-0.2, -0.15) is 0 Å². The molecular formula is C12H20N2O4. The van der Waals surface area contributed by atoms with Gasteiger partial charge in [0.2, 0.25) is 11.8 Å². The van der Waals surface area contributed by atoms with E-state index < -0.39 is 5.97 Å². The Morgan fingerprint density at radius 3 is 2.39 bits per heavy atom. The zero-order valence-electron chi connectivity index (χ0n) is 10.6. The summed E-state index contributed by atoms with van der Waals surface area (Å²) in [6.45, 7) is 2.74. The van der Waals surface area contributed by atoms with Gasteiger partial charge in [-0.1, -0.05) is 0 Å². The van der Waals surface area contributed by atoms with Gasteiger partial charge >= 0.3 is 5.97 Å². The zero-order chi connectivity index (χ0) is 13.5. The highest BCUT2D eigenvalue weighted by Gasteiger charge is 2.22. The molecule has 0 spiro atoms. The van der Waals surface area contributed by atoms with Gasteiger partial charge in [0.25, 0.3) is 0 Å². The predicted molar refractivity (Wildman–Crippen MR) is 64.9 cm³/mol. The number of hydrogen-bond acceptors (Lipinski definition) is 3. The Hall–Kier alpha value is -1.59. The van der Waals surface area contributed by atoms with Crippen molar-refractivity contribution in [2.24, 2.45) is 5.92 Å². The van der Waals surface area contributed by atoms with Gasteiger partial charge in [-0.05, 0) is 25.2 Å². The van der Waals surface area contributed by atoms with Crippen molar-refractivity contribution in [1.82, 2.24) is 10.2 Å². The molecule has 1 aliphatic rings. The number of nitrogens with zero attached hydrogens (tertiary/aromatic N) is 1. The van der Waals surface area contributed by atoms with Gasteiger partial charge in [-0.15, -0.1) is 0 Å². The lowest BCUT2D eigenvalue weighted by Crippen LogP contribution is -2.43. The van der Waals surface area contributed by atoms with Gasteiger partial charge in [0.15, 0.2) is 0 Å². The molecule has 0 aromatic carbocycles. The van der Waals surface area contributed by atoms with Gasteiger partial charge in [0.1, 0.15) is 0 Å². The van der Waals surface area contributed by atoms with Crippen molar-refractivity contribution in [2.75, 3.05) is 19.6 Å². The van der Waals surface area contributed by atoms with E-state index in [1.807, 2.05) is 0 Å². The number of nitrogens with one attached hydrogen (secondary N) is 1. The number of hydrogen-bond donors (Lipinski definition) is 2. The minimum Gasteiger partial charge on any atom is -0.481 e. The molecule has 0 atom stereocenters. The third-order valence-electron chi connectivity index (χ3n) is 3.22. The molecule has 6 nitrogen and oxygen atoms in total. The summed E-state index contributed by atoms with van der Waals surface area (Å²) in [5.74, 6) is -0.647. The summed E-state index contributed by atoms with van der Waals surface area (Å²) in [5, 5.41) is 11.1. The molecule has 0 aliphatic carbocycles. The summed E-state index contributed by atoms with van der Waals surface area (Å²) >= 11 is 0. The second-order valence-corrected chi connectivity index (χ2v) is 4.67. The molecule has 0 aromatic heterocycles. The minimum atomic E-state index is -0.765. The minimum absolute atomic E-state index is 0.0507. The maximum atomic E-state index is 11.7. The first-order valence-electron chi connectivity index (χ1n) is 6.23. The molecule has 0 saturated carbocycles. The SMILES string of the molecule is CC(=O)NCC(=O)N1CCC(CCC(=O)O)CC1. The highest BCUT2D eigenvalue weighted by Crippen LogP contribution is 2.21. The van der Waals surface area contributed by atoms with Crippen LogP contribution in [-0.2, 0) is 14.4 Å². The summed E-state index contributed by atoms with van der Waals surface area (Å²) in [4.78, 5) is 34.6. The monoisotopic (exact) mass is 256 g/mol. The van der Waals surface area contributed by atoms with Gasteiger partial charge in [-0.25, -0.2) is 0 Å². The van der Waals surface area contributed by atoms with E-state index in [2.05, 4.69) is 5.32 Å². The van der Waals surface area contributed by atoms with Crippen LogP contribution in [0.15, 0.2) is 0 Å². The molecule has 2 N–H and O–H groups in total. The van der Waals surface area contributed by atoms with Gasteiger partial charge in [0.05, 0.1) is 6.54 Å². The molecule has 1 rings (SSSR count). The van der Waals surface area contributed by atoms with Crippen LogP contribution in [0.3, 0.4) is 0 Å². The molecule has 1 aliphatic heterocycles. The van der Waals surface area contributed by atoms with E-state index in [1.54, 1.807) is 4.90 Å². The maximum absolute atomic E-state index is 11.7. The Morgan fingerprint density at radius 1 is 1.28 bits per heavy atom. The summed E-state index contributed by atoms with van der Waals surface area (Å²) in [7, 11) is 0. The van der Waals surface area contributed by atoms with Crippen LogP contribution >= 0.6 is 0 Å². The van der Waals surface area contributed by atoms with Crippen molar-refractivity contribution in [3.8, 4) is 0 Å². The van der Waals surface area contributed by atoms with Crippen molar-refractivity contribution in [3.63, 3.8) is 0 Å². The normalized spacial score (nSPS) is 16.4. The van der Waals surface area contributed by atoms with E-state index in [9.17, 15) is 14.4 Å². The molecule has 1 heterocycles. The van der Waals surface area contributed by atoms with Crippen molar-refractivity contribution < 1.29 is 19.5 Å². The Kier molecular flexibility index (Phi) is 5.61. The fourth-order valence-corrected chi connectivity index (χ4v) is 2.11. The number of piperidine rings is 1. The Morgan fingerprint density at radius 2 is 1.89 bits per heavy atom. The number of amides is 2. The number of aliphatic carboxylic acids is 1. The predicted octanol–water partition coefficient (Wildman–Crippen LogP) is 0.226. The average molecular weight is 256 g/mol. The number of likely N-dealkylation sites (tertiary alicyclic amines) is 1. The molecule has 1 saturated heterocycles. The largest absolute Gasteiger partial charge is 0.481 e. The first kappa shape index (κ1) is 14.5. The Bertz CT molecular complexity index is 322. The van der Waals surface area contributed by atoms with Crippen LogP contribution in [0.4, 0.5) is 0 Å². The summed E-state index contributed by atoms with van der Waals surface area (Å²) in [6.07, 6.45) is 2.58. The lowest BCUT2D eigenvalue weighted by Gasteiger charge is -2.31. The first-order chi connectivity index (χ1) is 8.49. The van der Waals surface area contributed by atoms with Crippen LogP contribution < -0.4 is 5.32 Å². The third kappa shape index (κ3) is 5.16. The summed E-state index contributed by atoms with van der Waals surface area (Å²) in [6, 6.07) is 0. The van der Waals surface area contributed by atoms with Gasteiger partial charge in [0, 0.05) is 26.4 Å². The lowest BCUT2D eigenvalue weighted by molar-refractivity contribution is -0.138. The number of rotatable bonds is 5. The van der Waals surface area contributed by atoms with Crippen LogP contribution in [0, 0.1) is 5.92 Å². The van der Waals surface area contributed by atoms with Crippen molar-refractivity contribution in [1.29, 1.82) is 0 Å². The van der Waals surface area contributed by atoms with Gasteiger partial charge < -0.3 is 15.3 Å². The highest BCUT2D eigenvalue weighted by molar-refractivity contribution is 5.83. The average Bonchev–Trinajstić information content (AvgIpc) is 2.34. The van der Waals surface area contributed by atoms with E-state index in [0.29, 0.717) is 25.4 Å². The maximum Gasteiger partial charge on any atom is 0.303 e. The second kappa shape index (κ2) is 6.98. The molecule has 6 heteroatoms. The molecule has 0 bridgehead atoms.